The zero-order valence-electron chi connectivity index (χ0n) is 8.16. The number of halogens is 1. The predicted octanol–water partition coefficient (Wildman–Crippen LogP) is 2.53. The fourth-order valence-electron chi connectivity index (χ4n) is 1.37. The van der Waals surface area contributed by atoms with Gasteiger partial charge in [-0.1, -0.05) is 0 Å². The zero-order chi connectivity index (χ0) is 10.1. The predicted molar refractivity (Wildman–Crippen MR) is 53.3 cm³/mol. The number of benzene rings is 1. The smallest absolute Gasteiger partial charge is 0.126 e. The summed E-state index contributed by atoms with van der Waals surface area (Å²) in [5.41, 5.74) is 2.47. The Morgan fingerprint density at radius 3 is 2.64 bits per heavy atom. The van der Waals surface area contributed by atoms with Crippen LogP contribution >= 0.6 is 0 Å². The van der Waals surface area contributed by atoms with Crippen LogP contribution in [0.15, 0.2) is 30.5 Å². The van der Waals surface area contributed by atoms with Crippen LogP contribution in [0.2, 0.25) is 0 Å². The molecular weight excluding hydrogens is 179 g/mol. The number of rotatable bonds is 1. The van der Waals surface area contributed by atoms with Crippen molar-refractivity contribution in [2.75, 3.05) is 0 Å². The van der Waals surface area contributed by atoms with Crippen molar-refractivity contribution < 1.29 is 4.39 Å². The highest BCUT2D eigenvalue weighted by Gasteiger charge is 2.03. The van der Waals surface area contributed by atoms with Crippen LogP contribution in [0.4, 0.5) is 4.39 Å². The standard InChI is InChI=1S/C11H11FN2/c1-8-7-9(3-4-10(8)12)11-5-6-14(2)13-11/h3-7H,1-2H3. The van der Waals surface area contributed by atoms with E-state index in [1.807, 2.05) is 19.3 Å². The fraction of sp³-hybridized carbons (Fsp3) is 0.182. The second-order valence-electron chi connectivity index (χ2n) is 3.34. The number of aromatic nitrogens is 2. The first-order valence-corrected chi connectivity index (χ1v) is 4.43. The van der Waals surface area contributed by atoms with Gasteiger partial charge in [-0.15, -0.1) is 0 Å². The van der Waals surface area contributed by atoms with Gasteiger partial charge in [0.05, 0.1) is 5.69 Å². The van der Waals surface area contributed by atoms with Crippen LogP contribution in [0.25, 0.3) is 11.3 Å². The lowest BCUT2D eigenvalue weighted by atomic mass is 10.1. The maximum absolute atomic E-state index is 13.0. The van der Waals surface area contributed by atoms with Crippen LogP contribution in [-0.2, 0) is 7.05 Å². The Bertz CT molecular complexity index is 460. The highest BCUT2D eigenvalue weighted by molar-refractivity contribution is 5.59. The van der Waals surface area contributed by atoms with Crippen LogP contribution in [0.5, 0.6) is 0 Å². The lowest BCUT2D eigenvalue weighted by Gasteiger charge is -1.99. The van der Waals surface area contributed by atoms with Gasteiger partial charge in [-0.3, -0.25) is 4.68 Å². The van der Waals surface area contributed by atoms with E-state index in [0.717, 1.165) is 11.3 Å². The third kappa shape index (κ3) is 1.53. The van der Waals surface area contributed by atoms with Crippen LogP contribution in [0.1, 0.15) is 5.56 Å². The first kappa shape index (κ1) is 8.94. The number of hydrogen-bond donors (Lipinski definition) is 0. The summed E-state index contributed by atoms with van der Waals surface area (Å²) in [6.45, 7) is 1.75. The first-order chi connectivity index (χ1) is 6.66. The van der Waals surface area contributed by atoms with Crippen LogP contribution in [-0.4, -0.2) is 9.78 Å². The molecule has 2 nitrogen and oxygen atoms in total. The van der Waals surface area contributed by atoms with Crippen molar-refractivity contribution in [2.24, 2.45) is 7.05 Å². The summed E-state index contributed by atoms with van der Waals surface area (Å²) in [4.78, 5) is 0. The first-order valence-electron chi connectivity index (χ1n) is 4.43. The van der Waals surface area contributed by atoms with E-state index in [4.69, 9.17) is 0 Å². The summed E-state index contributed by atoms with van der Waals surface area (Å²) in [6.07, 6.45) is 1.87. The Kier molecular flexibility index (Phi) is 2.08. The van der Waals surface area contributed by atoms with Gasteiger partial charge in [0, 0.05) is 18.8 Å². The maximum atomic E-state index is 13.0. The summed E-state index contributed by atoms with van der Waals surface area (Å²) in [5, 5.41) is 4.25. The van der Waals surface area contributed by atoms with Crippen LogP contribution < -0.4 is 0 Å². The number of hydrogen-bond acceptors (Lipinski definition) is 1. The third-order valence-corrected chi connectivity index (χ3v) is 2.17. The molecule has 0 spiro atoms. The maximum Gasteiger partial charge on any atom is 0.126 e. The van der Waals surface area contributed by atoms with E-state index < -0.39 is 0 Å². The quantitative estimate of drug-likeness (QED) is 0.675. The van der Waals surface area contributed by atoms with Gasteiger partial charge < -0.3 is 0 Å². The molecule has 1 aromatic carbocycles. The Morgan fingerprint density at radius 2 is 2.07 bits per heavy atom. The third-order valence-electron chi connectivity index (χ3n) is 2.17. The highest BCUT2D eigenvalue weighted by Crippen LogP contribution is 2.19. The minimum atomic E-state index is -0.176. The Morgan fingerprint density at radius 1 is 1.29 bits per heavy atom. The molecule has 0 saturated heterocycles. The molecule has 0 unspecified atom stereocenters. The topological polar surface area (TPSA) is 17.8 Å². The van der Waals surface area contributed by atoms with E-state index in [0.29, 0.717) is 5.56 Å². The van der Waals surface area contributed by atoms with Crippen molar-refractivity contribution >= 4 is 0 Å². The minimum absolute atomic E-state index is 0.176. The van der Waals surface area contributed by atoms with Crippen LogP contribution in [0.3, 0.4) is 0 Å². The minimum Gasteiger partial charge on any atom is -0.275 e. The monoisotopic (exact) mass is 190 g/mol. The van der Waals surface area contributed by atoms with E-state index in [-0.39, 0.29) is 5.82 Å². The molecule has 0 aliphatic heterocycles. The van der Waals surface area contributed by atoms with E-state index in [9.17, 15) is 4.39 Å². The van der Waals surface area contributed by atoms with E-state index in [1.54, 1.807) is 23.7 Å². The normalized spacial score (nSPS) is 10.5. The molecule has 1 aromatic heterocycles. The number of nitrogens with zero attached hydrogens (tertiary/aromatic N) is 2. The molecular formula is C11H11FN2. The van der Waals surface area contributed by atoms with Gasteiger partial charge in [0.1, 0.15) is 5.82 Å². The molecule has 14 heavy (non-hydrogen) atoms. The van der Waals surface area contributed by atoms with Gasteiger partial charge >= 0.3 is 0 Å². The molecule has 0 aliphatic carbocycles. The molecule has 0 radical (unpaired) electrons. The van der Waals surface area contributed by atoms with Gasteiger partial charge in [0.2, 0.25) is 0 Å². The average molecular weight is 190 g/mol. The summed E-state index contributed by atoms with van der Waals surface area (Å²) < 4.78 is 14.7. The summed E-state index contributed by atoms with van der Waals surface area (Å²) in [5.74, 6) is -0.176. The van der Waals surface area contributed by atoms with Gasteiger partial charge in [0.15, 0.2) is 0 Å². The Balaban J connectivity index is 2.47. The molecule has 72 valence electrons. The van der Waals surface area contributed by atoms with E-state index >= 15 is 0 Å². The highest BCUT2D eigenvalue weighted by atomic mass is 19.1. The van der Waals surface area contributed by atoms with Gasteiger partial charge in [-0.2, -0.15) is 5.10 Å². The molecule has 1 heterocycles. The molecule has 0 fully saturated rings. The van der Waals surface area contributed by atoms with Crippen molar-refractivity contribution in [3.8, 4) is 11.3 Å². The summed E-state index contributed by atoms with van der Waals surface area (Å²) in [7, 11) is 1.86. The molecule has 0 atom stereocenters. The average Bonchev–Trinajstić information content (AvgIpc) is 2.57. The fourth-order valence-corrected chi connectivity index (χ4v) is 1.37. The van der Waals surface area contributed by atoms with Crippen LogP contribution in [0, 0.1) is 12.7 Å². The second kappa shape index (κ2) is 3.25. The Hall–Kier alpha value is -1.64. The van der Waals surface area contributed by atoms with Crippen molar-refractivity contribution in [3.05, 3.63) is 41.8 Å². The SMILES string of the molecule is Cc1cc(-c2ccn(C)n2)ccc1F. The molecule has 0 saturated carbocycles. The van der Waals surface area contributed by atoms with Crippen molar-refractivity contribution in [2.45, 2.75) is 6.92 Å². The molecule has 3 heteroatoms. The van der Waals surface area contributed by atoms with Crippen molar-refractivity contribution in [1.29, 1.82) is 0 Å². The van der Waals surface area contributed by atoms with E-state index in [1.165, 1.54) is 6.07 Å². The molecule has 2 aromatic rings. The zero-order valence-corrected chi connectivity index (χ0v) is 8.16. The van der Waals surface area contributed by atoms with Gasteiger partial charge in [-0.25, -0.2) is 4.39 Å². The van der Waals surface area contributed by atoms with Gasteiger partial charge in [-0.05, 0) is 36.8 Å². The summed E-state index contributed by atoms with van der Waals surface area (Å²) >= 11 is 0. The van der Waals surface area contributed by atoms with Gasteiger partial charge in [0.25, 0.3) is 0 Å². The molecule has 0 amide bonds. The van der Waals surface area contributed by atoms with Crippen molar-refractivity contribution in [1.82, 2.24) is 9.78 Å². The lowest BCUT2D eigenvalue weighted by Crippen LogP contribution is -1.89. The lowest BCUT2D eigenvalue weighted by molar-refractivity contribution is 0.618. The molecule has 0 bridgehead atoms. The molecule has 0 N–H and O–H groups in total. The van der Waals surface area contributed by atoms with Crippen molar-refractivity contribution in [3.63, 3.8) is 0 Å². The molecule has 2 rings (SSSR count). The molecule has 0 aliphatic rings. The largest absolute Gasteiger partial charge is 0.275 e. The number of aryl methyl sites for hydroxylation is 2. The second-order valence-corrected chi connectivity index (χ2v) is 3.34. The summed E-state index contributed by atoms with van der Waals surface area (Å²) in [6, 6.07) is 6.92. The Labute approximate surface area is 82.0 Å². The van der Waals surface area contributed by atoms with E-state index in [2.05, 4.69) is 5.10 Å².